The van der Waals surface area contributed by atoms with Crippen molar-refractivity contribution in [3.05, 3.63) is 22.5 Å². The molecule has 4 heterocycles. The van der Waals surface area contributed by atoms with Gasteiger partial charge in [0.05, 0.1) is 25.6 Å². The number of carbonyl (C=O) groups is 1. The number of aliphatic hydroxyl groups is 2. The molecular formula is C18H27N8O10P. The summed E-state index contributed by atoms with van der Waals surface area (Å²) < 4.78 is 35.4. The van der Waals surface area contributed by atoms with Gasteiger partial charge in [0.25, 0.3) is 5.56 Å². The van der Waals surface area contributed by atoms with Gasteiger partial charge in [0.15, 0.2) is 17.1 Å². The molecule has 2 saturated heterocycles. The van der Waals surface area contributed by atoms with Gasteiger partial charge in [-0.25, -0.2) is 19.3 Å². The van der Waals surface area contributed by atoms with E-state index in [2.05, 4.69) is 25.3 Å². The Morgan fingerprint density at radius 3 is 2.84 bits per heavy atom. The van der Waals surface area contributed by atoms with Crippen LogP contribution in [0.25, 0.3) is 11.2 Å². The summed E-state index contributed by atoms with van der Waals surface area (Å²) >= 11 is 0. The van der Waals surface area contributed by atoms with E-state index in [0.29, 0.717) is 5.82 Å². The molecule has 0 spiro atoms. The van der Waals surface area contributed by atoms with Crippen LogP contribution in [0.4, 0.5) is 4.79 Å². The lowest BCUT2D eigenvalue weighted by molar-refractivity contribution is -0.0515. The summed E-state index contributed by atoms with van der Waals surface area (Å²) in [4.78, 5) is 48.0. The Balaban J connectivity index is 1.34. The van der Waals surface area contributed by atoms with E-state index in [-0.39, 0.29) is 24.0 Å². The number of aromatic amines is 1. The summed E-state index contributed by atoms with van der Waals surface area (Å²) in [5.41, 5.74) is 10.2. The topological polar surface area (TPSA) is 272 Å². The van der Waals surface area contributed by atoms with E-state index in [1.807, 2.05) is 0 Å². The first kappa shape index (κ1) is 27.1. The largest absolute Gasteiger partial charge is 0.472 e. The highest BCUT2D eigenvalue weighted by atomic mass is 31.2. The van der Waals surface area contributed by atoms with Gasteiger partial charge in [-0.05, 0) is 6.92 Å². The van der Waals surface area contributed by atoms with Crippen LogP contribution in [-0.4, -0.2) is 90.5 Å². The molecule has 0 bridgehead atoms. The van der Waals surface area contributed by atoms with Crippen LogP contribution in [0, 0.1) is 6.92 Å². The van der Waals surface area contributed by atoms with Gasteiger partial charge in [-0.1, -0.05) is 0 Å². The number of imidazole rings is 1. The number of nitrogens with zero attached hydrogens (tertiary/aromatic N) is 4. The van der Waals surface area contributed by atoms with Crippen molar-refractivity contribution in [2.45, 2.75) is 56.6 Å². The highest BCUT2D eigenvalue weighted by molar-refractivity contribution is 7.47. The number of hydrogen-bond acceptors (Lipinski definition) is 11. The number of phosphoric ester groups is 1. The Morgan fingerprint density at radius 2 is 2.14 bits per heavy atom. The number of aromatic nitrogens is 4. The maximum atomic E-state index is 12.6. The van der Waals surface area contributed by atoms with Crippen LogP contribution in [0.3, 0.4) is 0 Å². The molecule has 19 heteroatoms. The molecule has 2 amide bonds. The summed E-state index contributed by atoms with van der Waals surface area (Å²) in [5.74, 6) is -0.110. The van der Waals surface area contributed by atoms with Gasteiger partial charge in [-0.2, -0.15) is 4.99 Å². The van der Waals surface area contributed by atoms with Gasteiger partial charge < -0.3 is 46.3 Å². The average molecular weight is 546 g/mol. The number of urea groups is 1. The molecule has 0 saturated carbocycles. The zero-order valence-corrected chi connectivity index (χ0v) is 20.4. The van der Waals surface area contributed by atoms with E-state index in [0.717, 1.165) is 0 Å². The molecule has 2 aliphatic rings. The third-order valence-corrected chi connectivity index (χ3v) is 6.64. The molecule has 4 rings (SSSR count). The monoisotopic (exact) mass is 546 g/mol. The Hall–Kier alpha value is -2.96. The molecule has 9 N–H and O–H groups in total. The van der Waals surface area contributed by atoms with Crippen molar-refractivity contribution in [1.29, 1.82) is 0 Å². The molecular weight excluding hydrogens is 519 g/mol. The highest BCUT2D eigenvalue weighted by Gasteiger charge is 2.43. The molecule has 0 aliphatic carbocycles. The smallest absolute Gasteiger partial charge is 0.394 e. The number of hydrogen-bond donors (Lipinski definition) is 7. The first-order valence-corrected chi connectivity index (χ1v) is 12.5. The number of aryl methyl sites for hydroxylation is 1. The van der Waals surface area contributed by atoms with Crippen molar-refractivity contribution in [3.8, 4) is 0 Å². The van der Waals surface area contributed by atoms with Gasteiger partial charge in [-0.15, -0.1) is 0 Å². The van der Waals surface area contributed by atoms with Crippen LogP contribution in [0.5, 0.6) is 0 Å². The third-order valence-electron chi connectivity index (χ3n) is 5.63. The molecule has 204 valence electrons. The van der Waals surface area contributed by atoms with E-state index in [1.165, 1.54) is 10.9 Å². The van der Waals surface area contributed by atoms with Crippen molar-refractivity contribution >= 4 is 31.0 Å². The SMILES string of the molecule is Cc1nc2c(ncn2[C@H]2CC(O)[C@@H](COP(=O)(O)OC3C[C@@H](NC(=O)N=C(N)N)O[C@@H]3CO)O2)c(=O)[nH]1. The number of fused-ring (bicyclic) bond motifs is 1. The summed E-state index contributed by atoms with van der Waals surface area (Å²) in [7, 11) is -4.73. The van der Waals surface area contributed by atoms with Crippen LogP contribution in [0.1, 0.15) is 24.9 Å². The number of aliphatic hydroxyl groups excluding tert-OH is 2. The van der Waals surface area contributed by atoms with Gasteiger partial charge in [0.1, 0.15) is 36.6 Å². The zero-order valence-electron chi connectivity index (χ0n) is 19.5. The zero-order chi connectivity index (χ0) is 26.9. The Bertz CT molecular complexity index is 1280. The fourth-order valence-electron chi connectivity index (χ4n) is 4.02. The lowest BCUT2D eigenvalue weighted by Gasteiger charge is -2.21. The van der Waals surface area contributed by atoms with Gasteiger partial charge in [0, 0.05) is 12.8 Å². The van der Waals surface area contributed by atoms with E-state index < -0.39 is 75.5 Å². The molecule has 2 fully saturated rings. The minimum Gasteiger partial charge on any atom is -0.394 e. The number of phosphoric acid groups is 1. The number of nitrogens with one attached hydrogen (secondary N) is 2. The number of H-pyrrole nitrogens is 1. The highest BCUT2D eigenvalue weighted by Crippen LogP contribution is 2.48. The predicted octanol–water partition coefficient (Wildman–Crippen LogP) is -2.33. The first-order chi connectivity index (χ1) is 17.5. The lowest BCUT2D eigenvalue weighted by atomic mass is 10.2. The third kappa shape index (κ3) is 6.31. The number of guanidine groups is 1. The van der Waals surface area contributed by atoms with E-state index in [9.17, 15) is 29.3 Å². The molecule has 37 heavy (non-hydrogen) atoms. The van der Waals surface area contributed by atoms with Crippen LogP contribution < -0.4 is 22.3 Å². The van der Waals surface area contributed by atoms with Crippen molar-refractivity contribution in [2.75, 3.05) is 13.2 Å². The van der Waals surface area contributed by atoms with Crippen LogP contribution in [-0.2, 0) is 23.1 Å². The second-order valence-electron chi connectivity index (χ2n) is 8.38. The Morgan fingerprint density at radius 1 is 1.38 bits per heavy atom. The van der Waals surface area contributed by atoms with Gasteiger partial charge in [-0.3, -0.25) is 18.4 Å². The molecule has 7 atom stereocenters. The number of carbonyl (C=O) groups excluding carboxylic acids is 1. The minimum atomic E-state index is -4.73. The van der Waals surface area contributed by atoms with Crippen molar-refractivity contribution in [1.82, 2.24) is 24.8 Å². The normalized spacial score (nSPS) is 29.3. The van der Waals surface area contributed by atoms with E-state index >= 15 is 0 Å². The molecule has 2 aromatic rings. The van der Waals surface area contributed by atoms with Crippen molar-refractivity contribution < 1.29 is 43.0 Å². The number of nitrogens with two attached hydrogens (primary N) is 2. The number of amides is 2. The number of ether oxygens (including phenoxy) is 2. The average Bonchev–Trinajstić information content (AvgIpc) is 3.48. The second-order valence-corrected chi connectivity index (χ2v) is 9.79. The summed E-state index contributed by atoms with van der Waals surface area (Å²) in [5, 5.41) is 22.2. The Kier molecular flexibility index (Phi) is 7.91. The number of aliphatic imine (C=N–C) groups is 1. The first-order valence-electron chi connectivity index (χ1n) is 11.0. The van der Waals surface area contributed by atoms with Crippen LogP contribution >= 0.6 is 7.82 Å². The molecule has 3 unspecified atom stereocenters. The van der Waals surface area contributed by atoms with Gasteiger partial charge >= 0.3 is 13.9 Å². The fraction of sp³-hybridized carbons (Fsp3) is 0.611. The van der Waals surface area contributed by atoms with E-state index in [4.69, 9.17) is 30.0 Å². The van der Waals surface area contributed by atoms with Crippen molar-refractivity contribution in [3.63, 3.8) is 0 Å². The number of rotatable bonds is 8. The Labute approximate surface area is 208 Å². The summed E-state index contributed by atoms with van der Waals surface area (Å²) in [6.07, 6.45) is -4.75. The molecule has 0 radical (unpaired) electrons. The second kappa shape index (κ2) is 10.8. The van der Waals surface area contributed by atoms with Crippen LogP contribution in [0.2, 0.25) is 0 Å². The maximum Gasteiger partial charge on any atom is 0.472 e. The minimum absolute atomic E-state index is 0.0732. The fourth-order valence-corrected chi connectivity index (χ4v) is 4.98. The standard InChI is InChI=1S/C18H27N8O10P/c1-7-22-15-14(16(29)23-7)21-6-26(15)13-2-8(28)11(35-13)5-33-37(31,32)36-9-3-12(34-10(9)4-27)24-18(30)25-17(19)20/h6,8-13,27-28H,2-5H2,1H3,(H,31,32)(H,22,23,29)(H5,19,20,24,25,30)/t8?,9?,10-,11-,12+,13-/m1/s1. The molecule has 2 aliphatic heterocycles. The summed E-state index contributed by atoms with van der Waals surface area (Å²) in [6.45, 7) is 0.503. The van der Waals surface area contributed by atoms with Crippen LogP contribution in [0.15, 0.2) is 16.1 Å². The molecule has 2 aromatic heterocycles. The lowest BCUT2D eigenvalue weighted by Crippen LogP contribution is -2.35. The van der Waals surface area contributed by atoms with Gasteiger partial charge in [0.2, 0.25) is 0 Å². The summed E-state index contributed by atoms with van der Waals surface area (Å²) in [6, 6.07) is -0.909. The molecule has 0 aromatic carbocycles. The van der Waals surface area contributed by atoms with E-state index in [1.54, 1.807) is 6.92 Å². The predicted molar refractivity (Wildman–Crippen MR) is 123 cm³/mol. The quantitative estimate of drug-likeness (QED) is 0.104. The maximum absolute atomic E-state index is 12.6. The van der Waals surface area contributed by atoms with Crippen molar-refractivity contribution in [2.24, 2.45) is 16.5 Å². The molecule has 18 nitrogen and oxygen atoms in total.